The van der Waals surface area contributed by atoms with Crippen LogP contribution in [0.2, 0.25) is 0 Å². The van der Waals surface area contributed by atoms with Crippen LogP contribution in [0.15, 0.2) is 29.3 Å². The number of amides is 1. The lowest BCUT2D eigenvalue weighted by Gasteiger charge is -2.32. The largest absolute Gasteiger partial charge is 0.388 e. The van der Waals surface area contributed by atoms with E-state index in [-0.39, 0.29) is 11.9 Å². The number of hydrogen-bond donors (Lipinski definition) is 2. The summed E-state index contributed by atoms with van der Waals surface area (Å²) < 4.78 is -0.918. The van der Waals surface area contributed by atoms with Crippen LogP contribution in [0.25, 0.3) is 0 Å². The first-order valence-electron chi connectivity index (χ1n) is 7.01. The lowest BCUT2D eigenvalue weighted by Crippen LogP contribution is -2.50. The summed E-state index contributed by atoms with van der Waals surface area (Å²) in [6.07, 6.45) is 0. The number of carbonyl (C=O) groups is 1. The number of aliphatic hydroxyl groups is 1. The van der Waals surface area contributed by atoms with Crippen molar-refractivity contribution in [2.24, 2.45) is 4.99 Å². The highest BCUT2D eigenvalue weighted by molar-refractivity contribution is 8.16. The van der Waals surface area contributed by atoms with Crippen molar-refractivity contribution in [3.63, 3.8) is 0 Å². The Hall–Kier alpha value is -1.33. The van der Waals surface area contributed by atoms with Crippen LogP contribution in [-0.4, -0.2) is 26.5 Å². The van der Waals surface area contributed by atoms with Crippen molar-refractivity contribution in [3.05, 3.63) is 35.4 Å². The van der Waals surface area contributed by atoms with E-state index in [2.05, 4.69) is 10.3 Å². The van der Waals surface area contributed by atoms with Crippen LogP contribution in [-0.2, 0) is 4.79 Å². The Balaban J connectivity index is 2.20. The van der Waals surface area contributed by atoms with E-state index < -0.39 is 10.3 Å². The van der Waals surface area contributed by atoms with E-state index in [1.165, 1.54) is 17.3 Å². The van der Waals surface area contributed by atoms with Gasteiger partial charge in [-0.2, -0.15) is 0 Å². The maximum absolute atomic E-state index is 12.1. The van der Waals surface area contributed by atoms with Crippen LogP contribution >= 0.6 is 11.8 Å². The van der Waals surface area contributed by atoms with Crippen LogP contribution in [0.3, 0.4) is 0 Å². The van der Waals surface area contributed by atoms with Crippen LogP contribution in [0.1, 0.15) is 44.9 Å². The molecule has 2 atom stereocenters. The number of carbonyl (C=O) groups excluding carboxylic acids is 1. The van der Waals surface area contributed by atoms with Crippen molar-refractivity contribution in [1.29, 1.82) is 0 Å². The Morgan fingerprint density at radius 2 is 1.90 bits per heavy atom. The van der Waals surface area contributed by atoms with Gasteiger partial charge in [0.1, 0.15) is 4.75 Å². The summed E-state index contributed by atoms with van der Waals surface area (Å²) in [6.45, 7) is 9.07. The second-order valence-electron chi connectivity index (χ2n) is 6.17. The molecule has 1 saturated heterocycles. The van der Waals surface area contributed by atoms with Gasteiger partial charge in [-0.15, -0.1) is 0 Å². The zero-order chi connectivity index (χ0) is 15.8. The van der Waals surface area contributed by atoms with E-state index >= 15 is 0 Å². The lowest BCUT2D eigenvalue weighted by atomic mass is 9.91. The number of aryl methyl sites for hydroxylation is 1. The Kier molecular flexibility index (Phi) is 4.17. The molecule has 1 unspecified atom stereocenters. The number of hydrogen-bond acceptors (Lipinski definition) is 4. The Labute approximate surface area is 130 Å². The van der Waals surface area contributed by atoms with Crippen molar-refractivity contribution in [1.82, 2.24) is 5.32 Å². The second-order valence-corrected chi connectivity index (χ2v) is 7.58. The molecule has 0 aromatic heterocycles. The molecule has 0 saturated carbocycles. The minimum atomic E-state index is -1.12. The standard InChI is InChI=1S/C16H22N2O2S/c1-10-6-8-12(9-7-10)11(2)17-14-18-13(19)16(5,21-14)15(3,4)20/h6-9,11,20H,1-5H3,(H,17,18,19)/t11-,16?/m0/s1. The predicted molar refractivity (Wildman–Crippen MR) is 87.5 cm³/mol. The average Bonchev–Trinajstić information content (AvgIpc) is 2.66. The molecule has 21 heavy (non-hydrogen) atoms. The van der Waals surface area contributed by atoms with Gasteiger partial charge < -0.3 is 10.4 Å². The molecule has 2 N–H and O–H groups in total. The fraction of sp³-hybridized carbons (Fsp3) is 0.500. The average molecular weight is 306 g/mol. The van der Waals surface area contributed by atoms with E-state index in [0.29, 0.717) is 5.17 Å². The van der Waals surface area contributed by atoms with Gasteiger partial charge in [0.25, 0.3) is 0 Å². The summed E-state index contributed by atoms with van der Waals surface area (Å²) in [6, 6.07) is 8.14. The predicted octanol–water partition coefficient (Wildman–Crippen LogP) is 2.80. The number of aliphatic imine (C=N–C) groups is 1. The van der Waals surface area contributed by atoms with Crippen molar-refractivity contribution < 1.29 is 9.90 Å². The minimum absolute atomic E-state index is 0.0439. The lowest BCUT2D eigenvalue weighted by molar-refractivity contribution is -0.126. The molecule has 1 aliphatic heterocycles. The number of thioether (sulfide) groups is 1. The Morgan fingerprint density at radius 1 is 1.33 bits per heavy atom. The van der Waals surface area contributed by atoms with E-state index in [9.17, 15) is 9.90 Å². The number of benzene rings is 1. The van der Waals surface area contributed by atoms with Gasteiger partial charge in [0.15, 0.2) is 5.17 Å². The van der Waals surface area contributed by atoms with E-state index in [1.807, 2.05) is 38.1 Å². The third-order valence-electron chi connectivity index (χ3n) is 3.99. The molecule has 0 spiro atoms. The van der Waals surface area contributed by atoms with Crippen LogP contribution in [0, 0.1) is 6.92 Å². The molecule has 1 aliphatic rings. The molecule has 1 aromatic carbocycles. The first-order chi connectivity index (χ1) is 9.63. The first-order valence-corrected chi connectivity index (χ1v) is 7.82. The molecule has 1 amide bonds. The molecule has 2 rings (SSSR count). The smallest absolute Gasteiger partial charge is 0.245 e. The molecular weight excluding hydrogens is 284 g/mol. The molecular formula is C16H22N2O2S. The molecule has 0 radical (unpaired) electrons. The fourth-order valence-corrected chi connectivity index (χ4v) is 3.17. The van der Waals surface area contributed by atoms with Gasteiger partial charge in [0.2, 0.25) is 5.91 Å². The number of nitrogens with zero attached hydrogens (tertiary/aromatic N) is 1. The normalized spacial score (nSPS) is 26.0. The monoisotopic (exact) mass is 306 g/mol. The zero-order valence-electron chi connectivity index (χ0n) is 13.1. The summed E-state index contributed by atoms with van der Waals surface area (Å²) in [7, 11) is 0. The van der Waals surface area contributed by atoms with Crippen LogP contribution in [0.4, 0.5) is 0 Å². The van der Waals surface area contributed by atoms with Gasteiger partial charge in [-0.1, -0.05) is 41.6 Å². The van der Waals surface area contributed by atoms with E-state index in [0.717, 1.165) is 5.56 Å². The van der Waals surface area contributed by atoms with Crippen molar-refractivity contribution in [2.75, 3.05) is 0 Å². The molecule has 4 nitrogen and oxygen atoms in total. The molecule has 1 aromatic rings. The topological polar surface area (TPSA) is 61.7 Å². The third kappa shape index (κ3) is 3.14. The van der Waals surface area contributed by atoms with Crippen molar-refractivity contribution in [2.45, 2.75) is 51.0 Å². The quantitative estimate of drug-likeness (QED) is 0.902. The number of amidine groups is 1. The molecule has 1 heterocycles. The summed E-state index contributed by atoms with van der Waals surface area (Å²) in [5, 5.41) is 13.6. The van der Waals surface area contributed by atoms with Gasteiger partial charge in [0.05, 0.1) is 11.6 Å². The van der Waals surface area contributed by atoms with Crippen LogP contribution in [0.5, 0.6) is 0 Å². The Morgan fingerprint density at radius 3 is 2.38 bits per heavy atom. The maximum atomic E-state index is 12.1. The van der Waals surface area contributed by atoms with Gasteiger partial charge in [-0.05, 0) is 40.2 Å². The minimum Gasteiger partial charge on any atom is -0.388 e. The van der Waals surface area contributed by atoms with E-state index in [4.69, 9.17) is 0 Å². The highest BCUT2D eigenvalue weighted by Crippen LogP contribution is 2.41. The highest BCUT2D eigenvalue weighted by Gasteiger charge is 2.52. The van der Waals surface area contributed by atoms with Gasteiger partial charge in [-0.25, -0.2) is 0 Å². The number of rotatable bonds is 3. The molecule has 0 bridgehead atoms. The fourth-order valence-electron chi connectivity index (χ4n) is 2.04. The molecule has 5 heteroatoms. The summed E-state index contributed by atoms with van der Waals surface area (Å²) in [4.78, 5) is 16.7. The molecule has 1 fully saturated rings. The third-order valence-corrected chi connectivity index (χ3v) is 5.49. The van der Waals surface area contributed by atoms with Crippen LogP contribution < -0.4 is 5.32 Å². The first kappa shape index (κ1) is 16.0. The molecule has 114 valence electrons. The zero-order valence-corrected chi connectivity index (χ0v) is 13.9. The van der Waals surface area contributed by atoms with Gasteiger partial charge in [0, 0.05) is 0 Å². The molecule has 0 aliphatic carbocycles. The summed E-state index contributed by atoms with van der Waals surface area (Å²) >= 11 is 1.29. The number of nitrogens with one attached hydrogen (secondary N) is 1. The maximum Gasteiger partial charge on any atom is 0.245 e. The van der Waals surface area contributed by atoms with Gasteiger partial charge in [-0.3, -0.25) is 9.79 Å². The summed E-state index contributed by atoms with van der Waals surface area (Å²) in [5.74, 6) is -0.199. The Bertz CT molecular complexity index is 575. The summed E-state index contributed by atoms with van der Waals surface area (Å²) in [5.41, 5.74) is 1.18. The highest BCUT2D eigenvalue weighted by atomic mass is 32.2. The second kappa shape index (κ2) is 5.46. The van der Waals surface area contributed by atoms with Crippen molar-refractivity contribution >= 4 is 22.8 Å². The SMILES string of the molecule is Cc1ccc([C@H](C)N=C2NC(=O)C(C)(C(C)(C)O)S2)cc1. The van der Waals surface area contributed by atoms with Crippen molar-refractivity contribution in [3.8, 4) is 0 Å². The van der Waals surface area contributed by atoms with Gasteiger partial charge >= 0.3 is 0 Å². The van der Waals surface area contributed by atoms with E-state index in [1.54, 1.807) is 20.8 Å².